The quantitative estimate of drug-likeness (QED) is 0.812. The standard InChI is InChI=1S/C13H17BrN2O2/c1-9(17)16-4-3-15-8-11-7-12(14)6-10-2-5-18-13(10)11/h6-7,15H,2-5,8H2,1H3,(H,16,17). The van der Waals surface area contributed by atoms with Crippen LogP contribution in [-0.2, 0) is 17.8 Å². The van der Waals surface area contributed by atoms with Gasteiger partial charge in [-0.2, -0.15) is 0 Å². The number of carbonyl (C=O) groups excluding carboxylic acids is 1. The normalized spacial score (nSPS) is 13.0. The van der Waals surface area contributed by atoms with Gasteiger partial charge in [0.25, 0.3) is 0 Å². The Morgan fingerprint density at radius 3 is 3.06 bits per heavy atom. The van der Waals surface area contributed by atoms with Crippen molar-refractivity contribution >= 4 is 21.8 Å². The molecule has 0 unspecified atom stereocenters. The lowest BCUT2D eigenvalue weighted by Gasteiger charge is -2.10. The molecule has 0 aromatic heterocycles. The molecule has 2 N–H and O–H groups in total. The van der Waals surface area contributed by atoms with Crippen molar-refractivity contribution in [2.45, 2.75) is 19.9 Å². The van der Waals surface area contributed by atoms with Gasteiger partial charge >= 0.3 is 0 Å². The third kappa shape index (κ3) is 3.46. The molecule has 0 radical (unpaired) electrons. The van der Waals surface area contributed by atoms with Crippen LogP contribution in [0.5, 0.6) is 5.75 Å². The van der Waals surface area contributed by atoms with Gasteiger partial charge < -0.3 is 15.4 Å². The minimum atomic E-state index is 0.00322. The molecule has 0 aliphatic carbocycles. The number of ether oxygens (including phenoxy) is 1. The fourth-order valence-electron chi connectivity index (χ4n) is 2.03. The van der Waals surface area contributed by atoms with Gasteiger partial charge in [-0.1, -0.05) is 15.9 Å². The molecule has 5 heteroatoms. The lowest BCUT2D eigenvalue weighted by atomic mass is 10.1. The number of carbonyl (C=O) groups is 1. The number of hydrogen-bond acceptors (Lipinski definition) is 3. The molecule has 4 nitrogen and oxygen atoms in total. The minimum Gasteiger partial charge on any atom is -0.493 e. The predicted octanol–water partition coefficient (Wildman–Crippen LogP) is 1.61. The summed E-state index contributed by atoms with van der Waals surface area (Å²) in [5.41, 5.74) is 2.43. The zero-order chi connectivity index (χ0) is 13.0. The number of amides is 1. The lowest BCUT2D eigenvalue weighted by Crippen LogP contribution is -2.29. The van der Waals surface area contributed by atoms with Crippen molar-refractivity contribution in [2.24, 2.45) is 0 Å². The molecule has 1 amide bonds. The Balaban J connectivity index is 1.88. The fourth-order valence-corrected chi connectivity index (χ4v) is 2.58. The van der Waals surface area contributed by atoms with E-state index in [0.29, 0.717) is 6.54 Å². The topological polar surface area (TPSA) is 50.4 Å². The summed E-state index contributed by atoms with van der Waals surface area (Å²) >= 11 is 3.52. The highest BCUT2D eigenvalue weighted by Crippen LogP contribution is 2.32. The van der Waals surface area contributed by atoms with Crippen molar-refractivity contribution in [3.63, 3.8) is 0 Å². The number of nitrogens with one attached hydrogen (secondary N) is 2. The largest absolute Gasteiger partial charge is 0.493 e. The number of rotatable bonds is 5. The maximum Gasteiger partial charge on any atom is 0.216 e. The third-order valence-electron chi connectivity index (χ3n) is 2.82. The first-order chi connectivity index (χ1) is 8.66. The molecular formula is C13H17BrN2O2. The summed E-state index contributed by atoms with van der Waals surface area (Å²) in [5.74, 6) is 1.02. The van der Waals surface area contributed by atoms with Crippen LogP contribution in [0.1, 0.15) is 18.1 Å². The molecular weight excluding hydrogens is 296 g/mol. The van der Waals surface area contributed by atoms with E-state index in [1.165, 1.54) is 18.1 Å². The van der Waals surface area contributed by atoms with Crippen molar-refractivity contribution in [1.29, 1.82) is 0 Å². The van der Waals surface area contributed by atoms with Crippen LogP contribution in [0.3, 0.4) is 0 Å². The summed E-state index contributed by atoms with van der Waals surface area (Å²) in [5, 5.41) is 6.05. The van der Waals surface area contributed by atoms with E-state index in [2.05, 4.69) is 38.7 Å². The fraction of sp³-hybridized carbons (Fsp3) is 0.462. The number of fused-ring (bicyclic) bond motifs is 1. The van der Waals surface area contributed by atoms with Crippen LogP contribution in [0.25, 0.3) is 0 Å². The molecule has 0 spiro atoms. The summed E-state index contributed by atoms with van der Waals surface area (Å²) in [6.07, 6.45) is 0.980. The van der Waals surface area contributed by atoms with E-state index in [1.54, 1.807) is 0 Å². The Morgan fingerprint density at radius 2 is 2.28 bits per heavy atom. The van der Waals surface area contributed by atoms with Gasteiger partial charge in [0.1, 0.15) is 5.75 Å². The van der Waals surface area contributed by atoms with Crippen molar-refractivity contribution in [3.05, 3.63) is 27.7 Å². The Labute approximate surface area is 115 Å². The molecule has 1 aromatic rings. The van der Waals surface area contributed by atoms with Crippen LogP contribution >= 0.6 is 15.9 Å². The highest BCUT2D eigenvalue weighted by Gasteiger charge is 2.16. The van der Waals surface area contributed by atoms with Crippen molar-refractivity contribution in [1.82, 2.24) is 10.6 Å². The van der Waals surface area contributed by atoms with Crippen LogP contribution < -0.4 is 15.4 Å². The van der Waals surface area contributed by atoms with Crippen molar-refractivity contribution < 1.29 is 9.53 Å². The van der Waals surface area contributed by atoms with Gasteiger partial charge in [-0.05, 0) is 17.7 Å². The van der Waals surface area contributed by atoms with E-state index in [9.17, 15) is 4.79 Å². The maximum absolute atomic E-state index is 10.7. The van der Waals surface area contributed by atoms with Gasteiger partial charge in [-0.15, -0.1) is 0 Å². The van der Waals surface area contributed by atoms with E-state index in [-0.39, 0.29) is 5.91 Å². The monoisotopic (exact) mass is 312 g/mol. The van der Waals surface area contributed by atoms with E-state index < -0.39 is 0 Å². The zero-order valence-electron chi connectivity index (χ0n) is 10.4. The second-order valence-electron chi connectivity index (χ2n) is 4.31. The van der Waals surface area contributed by atoms with Crippen LogP contribution in [0.4, 0.5) is 0 Å². The van der Waals surface area contributed by atoms with Gasteiger partial charge in [-0.25, -0.2) is 0 Å². The second-order valence-corrected chi connectivity index (χ2v) is 5.23. The molecule has 0 atom stereocenters. The second kappa shape index (κ2) is 6.20. The molecule has 2 rings (SSSR count). The summed E-state index contributed by atoms with van der Waals surface area (Å²) in [7, 11) is 0. The van der Waals surface area contributed by atoms with Gasteiger partial charge in [0.15, 0.2) is 0 Å². The average molecular weight is 313 g/mol. The van der Waals surface area contributed by atoms with Crippen molar-refractivity contribution in [2.75, 3.05) is 19.7 Å². The molecule has 1 aliphatic rings. The molecule has 0 bridgehead atoms. The van der Waals surface area contributed by atoms with E-state index >= 15 is 0 Å². The van der Waals surface area contributed by atoms with Gasteiger partial charge in [0, 0.05) is 43.0 Å². The summed E-state index contributed by atoms with van der Waals surface area (Å²) < 4.78 is 6.74. The van der Waals surface area contributed by atoms with E-state index in [0.717, 1.165) is 36.3 Å². The number of hydrogen-bond donors (Lipinski definition) is 2. The SMILES string of the molecule is CC(=O)NCCNCc1cc(Br)cc2c1OCC2. The van der Waals surface area contributed by atoms with Crippen LogP contribution in [0.15, 0.2) is 16.6 Å². The molecule has 0 saturated heterocycles. The highest BCUT2D eigenvalue weighted by atomic mass is 79.9. The summed E-state index contributed by atoms with van der Waals surface area (Å²) in [6, 6.07) is 4.19. The lowest BCUT2D eigenvalue weighted by molar-refractivity contribution is -0.118. The average Bonchev–Trinajstić information content (AvgIpc) is 2.75. The summed E-state index contributed by atoms with van der Waals surface area (Å²) in [6.45, 7) is 4.44. The Hall–Kier alpha value is -1.07. The molecule has 0 saturated carbocycles. The van der Waals surface area contributed by atoms with E-state index in [1.807, 2.05) is 0 Å². The van der Waals surface area contributed by atoms with Gasteiger partial charge in [0.05, 0.1) is 6.61 Å². The first-order valence-corrected chi connectivity index (χ1v) is 6.85. The van der Waals surface area contributed by atoms with Gasteiger partial charge in [0.2, 0.25) is 5.91 Å². The van der Waals surface area contributed by atoms with Crippen LogP contribution in [-0.4, -0.2) is 25.6 Å². The number of benzene rings is 1. The molecule has 1 aliphatic heterocycles. The van der Waals surface area contributed by atoms with Crippen molar-refractivity contribution in [3.8, 4) is 5.75 Å². The Morgan fingerprint density at radius 1 is 1.44 bits per heavy atom. The third-order valence-corrected chi connectivity index (χ3v) is 3.27. The number of halogens is 1. The Kier molecular flexibility index (Phi) is 4.60. The maximum atomic E-state index is 10.7. The molecule has 1 aromatic carbocycles. The zero-order valence-corrected chi connectivity index (χ0v) is 12.0. The van der Waals surface area contributed by atoms with Gasteiger partial charge in [-0.3, -0.25) is 4.79 Å². The molecule has 98 valence electrons. The highest BCUT2D eigenvalue weighted by molar-refractivity contribution is 9.10. The van der Waals surface area contributed by atoms with Crippen LogP contribution in [0.2, 0.25) is 0 Å². The van der Waals surface area contributed by atoms with Crippen LogP contribution in [0, 0.1) is 0 Å². The van der Waals surface area contributed by atoms with E-state index in [4.69, 9.17) is 4.74 Å². The smallest absolute Gasteiger partial charge is 0.216 e. The molecule has 0 fully saturated rings. The minimum absolute atomic E-state index is 0.00322. The predicted molar refractivity (Wildman–Crippen MR) is 73.7 cm³/mol. The molecule has 1 heterocycles. The first kappa shape index (κ1) is 13.4. The Bertz CT molecular complexity index is 449. The molecule has 18 heavy (non-hydrogen) atoms. The summed E-state index contributed by atoms with van der Waals surface area (Å²) in [4.78, 5) is 10.7. The first-order valence-electron chi connectivity index (χ1n) is 6.06.